The minimum absolute atomic E-state index is 0.0357. The van der Waals surface area contributed by atoms with E-state index in [1.54, 1.807) is 13.0 Å². The summed E-state index contributed by atoms with van der Waals surface area (Å²) in [5, 5.41) is 20.0. The van der Waals surface area contributed by atoms with Crippen molar-refractivity contribution in [1.82, 2.24) is 0 Å². The topological polar surface area (TPSA) is 74.6 Å². The van der Waals surface area contributed by atoms with Crippen molar-refractivity contribution in [1.29, 1.82) is 0 Å². The molecular weight excluding hydrogens is 544 g/mol. The molecule has 0 fully saturated rings. The molecule has 3 unspecified atom stereocenters. The summed E-state index contributed by atoms with van der Waals surface area (Å²) in [5.41, 5.74) is 6.16. The monoisotopic (exact) mass is 596 g/mol. The number of carbonyl (C=O) groups is 2. The summed E-state index contributed by atoms with van der Waals surface area (Å²) in [6, 6.07) is 0. The Labute approximate surface area is 265 Å². The molecule has 0 radical (unpaired) electrons. The first-order valence-corrected chi connectivity index (χ1v) is 15.4. The van der Waals surface area contributed by atoms with E-state index in [1.807, 2.05) is 89.3 Å². The zero-order valence-corrected chi connectivity index (χ0v) is 28.3. The van der Waals surface area contributed by atoms with Gasteiger partial charge in [0.05, 0.1) is 0 Å². The fraction of sp³-hybridized carbons (Fsp3) is 0.400. The zero-order valence-electron chi connectivity index (χ0n) is 28.3. The molecule has 2 rings (SSSR count). The highest BCUT2D eigenvalue weighted by Crippen LogP contribution is 2.40. The SMILES string of the molecule is CC1=CC(O)C(=O)C(C)(C)C1/C=C/C(C)=C/C=C/C(C)=C/C=C/C=C(C)/C=C/C=C(C)/C=C/C1=C(C)C(=O)C(O)CC1(C)C. The molecule has 0 aromatic rings. The normalized spacial score (nSPS) is 26.0. The molecule has 0 spiro atoms. The second-order valence-corrected chi connectivity index (χ2v) is 13.4. The second kappa shape index (κ2) is 15.9. The average Bonchev–Trinajstić information content (AvgIpc) is 2.92. The van der Waals surface area contributed by atoms with Crippen molar-refractivity contribution in [3.05, 3.63) is 130 Å². The molecule has 44 heavy (non-hydrogen) atoms. The molecule has 0 bridgehead atoms. The van der Waals surface area contributed by atoms with Crippen LogP contribution in [0.15, 0.2) is 130 Å². The molecule has 2 aliphatic carbocycles. The number of ketones is 2. The van der Waals surface area contributed by atoms with Crippen LogP contribution in [0.3, 0.4) is 0 Å². The molecule has 236 valence electrons. The van der Waals surface area contributed by atoms with Crippen molar-refractivity contribution in [3.8, 4) is 0 Å². The first-order chi connectivity index (χ1) is 20.5. The molecule has 0 saturated heterocycles. The number of aliphatic hydroxyl groups is 2. The van der Waals surface area contributed by atoms with Gasteiger partial charge in [-0.25, -0.2) is 0 Å². The standard InChI is InChI=1S/C40H52O4/c1-27(17-13-19-29(3)21-23-33-31(5)25-35(41)38(44)40(33,9)10)15-11-12-16-28(2)18-14-20-30(4)22-24-34-32(6)37(43)36(42)26-39(34,7)8/h11-25,33,35-36,41-42H,26H2,1-10H3/b12-11+,17-13+,18-14+,23-21+,24-22+,27-15+,28-16+,29-19+,30-20+. The average molecular weight is 597 g/mol. The Bertz CT molecular complexity index is 1440. The summed E-state index contributed by atoms with van der Waals surface area (Å²) in [6.45, 7) is 19.8. The minimum Gasteiger partial charge on any atom is -0.385 e. The first kappa shape index (κ1) is 36.6. The summed E-state index contributed by atoms with van der Waals surface area (Å²) < 4.78 is 0. The van der Waals surface area contributed by atoms with Crippen molar-refractivity contribution >= 4 is 11.6 Å². The van der Waals surface area contributed by atoms with E-state index in [1.165, 1.54) is 0 Å². The largest absolute Gasteiger partial charge is 0.385 e. The summed E-state index contributed by atoms with van der Waals surface area (Å²) in [6.07, 6.45) is 28.7. The van der Waals surface area contributed by atoms with E-state index in [2.05, 4.69) is 58.1 Å². The number of hydrogen-bond acceptors (Lipinski definition) is 4. The van der Waals surface area contributed by atoms with Gasteiger partial charge in [-0.05, 0) is 70.6 Å². The highest BCUT2D eigenvalue weighted by atomic mass is 16.3. The Hall–Kier alpha value is -3.60. The number of aliphatic hydroxyl groups excluding tert-OH is 2. The Balaban J connectivity index is 1.94. The van der Waals surface area contributed by atoms with Gasteiger partial charge < -0.3 is 10.2 Å². The lowest BCUT2D eigenvalue weighted by Crippen LogP contribution is -2.43. The van der Waals surface area contributed by atoms with Crippen LogP contribution in [0.25, 0.3) is 0 Å². The molecule has 4 heteroatoms. The van der Waals surface area contributed by atoms with Crippen LogP contribution in [0.5, 0.6) is 0 Å². The molecular formula is C40H52O4. The van der Waals surface area contributed by atoms with Crippen LogP contribution in [0, 0.1) is 16.7 Å². The van der Waals surface area contributed by atoms with Crippen molar-refractivity contribution in [2.45, 2.75) is 87.9 Å². The van der Waals surface area contributed by atoms with Gasteiger partial charge in [0, 0.05) is 11.3 Å². The smallest absolute Gasteiger partial charge is 0.187 e. The molecule has 0 aliphatic heterocycles. The first-order valence-electron chi connectivity index (χ1n) is 15.4. The van der Waals surface area contributed by atoms with Crippen LogP contribution in [0.1, 0.15) is 75.7 Å². The van der Waals surface area contributed by atoms with Gasteiger partial charge in [-0.3, -0.25) is 9.59 Å². The highest BCUT2D eigenvalue weighted by molar-refractivity contribution is 6.00. The predicted octanol–water partition coefficient (Wildman–Crippen LogP) is 8.76. The van der Waals surface area contributed by atoms with Gasteiger partial charge in [0.25, 0.3) is 0 Å². The maximum absolute atomic E-state index is 12.4. The number of carbonyl (C=O) groups excluding carboxylic acids is 2. The third kappa shape index (κ3) is 10.2. The number of hydrogen-bond donors (Lipinski definition) is 2. The summed E-state index contributed by atoms with van der Waals surface area (Å²) in [5.74, 6) is -0.350. The van der Waals surface area contributed by atoms with Crippen molar-refractivity contribution < 1.29 is 19.8 Å². The van der Waals surface area contributed by atoms with Crippen LogP contribution >= 0.6 is 0 Å². The Kier molecular flexibility index (Phi) is 13.2. The fourth-order valence-electron chi connectivity index (χ4n) is 5.65. The lowest BCUT2D eigenvalue weighted by Gasteiger charge is -2.37. The lowest BCUT2D eigenvalue weighted by atomic mass is 9.67. The Morgan fingerprint density at radius 1 is 0.750 bits per heavy atom. The summed E-state index contributed by atoms with van der Waals surface area (Å²) in [7, 11) is 0. The Morgan fingerprint density at radius 2 is 1.23 bits per heavy atom. The van der Waals surface area contributed by atoms with E-state index in [0.29, 0.717) is 12.0 Å². The van der Waals surface area contributed by atoms with Gasteiger partial charge >= 0.3 is 0 Å². The van der Waals surface area contributed by atoms with Gasteiger partial charge in [-0.15, -0.1) is 0 Å². The van der Waals surface area contributed by atoms with Crippen LogP contribution in [0.4, 0.5) is 0 Å². The lowest BCUT2D eigenvalue weighted by molar-refractivity contribution is -0.135. The fourth-order valence-corrected chi connectivity index (χ4v) is 5.65. The molecule has 3 atom stereocenters. The van der Waals surface area contributed by atoms with Crippen LogP contribution < -0.4 is 0 Å². The maximum Gasteiger partial charge on any atom is 0.187 e. The van der Waals surface area contributed by atoms with E-state index >= 15 is 0 Å². The molecule has 0 saturated carbocycles. The van der Waals surface area contributed by atoms with Gasteiger partial charge in [0.1, 0.15) is 12.2 Å². The third-order valence-corrected chi connectivity index (χ3v) is 8.43. The number of allylic oxidation sites excluding steroid dienone is 20. The molecule has 2 N–H and O–H groups in total. The zero-order chi connectivity index (χ0) is 33.2. The van der Waals surface area contributed by atoms with Gasteiger partial charge in [0.2, 0.25) is 0 Å². The molecule has 4 nitrogen and oxygen atoms in total. The van der Waals surface area contributed by atoms with Crippen molar-refractivity contribution in [3.63, 3.8) is 0 Å². The molecule has 0 aromatic carbocycles. The quantitative estimate of drug-likeness (QED) is 0.195. The predicted molar refractivity (Wildman–Crippen MR) is 185 cm³/mol. The van der Waals surface area contributed by atoms with Crippen molar-refractivity contribution in [2.24, 2.45) is 16.7 Å². The molecule has 0 heterocycles. The van der Waals surface area contributed by atoms with E-state index < -0.39 is 17.6 Å². The van der Waals surface area contributed by atoms with E-state index in [-0.39, 0.29) is 22.9 Å². The van der Waals surface area contributed by atoms with Gasteiger partial charge in [-0.1, -0.05) is 141 Å². The van der Waals surface area contributed by atoms with Gasteiger partial charge in [-0.2, -0.15) is 0 Å². The second-order valence-electron chi connectivity index (χ2n) is 13.4. The van der Waals surface area contributed by atoms with Crippen LogP contribution in [-0.2, 0) is 9.59 Å². The highest BCUT2D eigenvalue weighted by Gasteiger charge is 2.42. The van der Waals surface area contributed by atoms with E-state index in [0.717, 1.165) is 33.4 Å². The summed E-state index contributed by atoms with van der Waals surface area (Å²) >= 11 is 0. The van der Waals surface area contributed by atoms with Crippen LogP contribution in [0.2, 0.25) is 0 Å². The summed E-state index contributed by atoms with van der Waals surface area (Å²) in [4.78, 5) is 24.7. The van der Waals surface area contributed by atoms with Crippen LogP contribution in [-0.4, -0.2) is 34.0 Å². The van der Waals surface area contributed by atoms with Gasteiger partial charge in [0.15, 0.2) is 11.6 Å². The molecule has 0 aromatic heterocycles. The molecule has 2 aliphatic rings. The number of rotatable bonds is 10. The molecule has 0 amide bonds. The number of Topliss-reactive ketones (excluding diaryl/α,β-unsaturated/α-hetero) is 2. The van der Waals surface area contributed by atoms with E-state index in [9.17, 15) is 19.8 Å². The minimum atomic E-state index is -1.01. The maximum atomic E-state index is 12.4. The Morgan fingerprint density at radius 3 is 1.77 bits per heavy atom. The third-order valence-electron chi connectivity index (χ3n) is 8.43. The van der Waals surface area contributed by atoms with E-state index in [4.69, 9.17) is 0 Å². The van der Waals surface area contributed by atoms with Crippen molar-refractivity contribution in [2.75, 3.05) is 0 Å².